The fourth-order valence-corrected chi connectivity index (χ4v) is 0.867. The lowest BCUT2D eigenvalue weighted by Gasteiger charge is -2.03. The van der Waals surface area contributed by atoms with Gasteiger partial charge in [-0.15, -0.1) is 0 Å². The molecule has 3 heteroatoms. The van der Waals surface area contributed by atoms with Gasteiger partial charge in [0, 0.05) is 19.7 Å². The van der Waals surface area contributed by atoms with E-state index in [1.165, 1.54) is 12.8 Å². The van der Waals surface area contributed by atoms with E-state index in [1.807, 2.05) is 0 Å². The molecule has 1 saturated carbocycles. The van der Waals surface area contributed by atoms with Crippen molar-refractivity contribution in [3.05, 3.63) is 0 Å². The van der Waals surface area contributed by atoms with Crippen LogP contribution in [0.1, 0.15) is 12.8 Å². The lowest BCUT2D eigenvalue weighted by Crippen LogP contribution is -2.22. The summed E-state index contributed by atoms with van der Waals surface area (Å²) in [6.07, 6.45) is 2.69. The molecule has 1 aliphatic carbocycles. The van der Waals surface area contributed by atoms with Crippen molar-refractivity contribution in [1.82, 2.24) is 5.32 Å². The molecule has 1 fully saturated rings. The number of hydrogen-bond donors (Lipinski definition) is 1. The van der Waals surface area contributed by atoms with Crippen molar-refractivity contribution in [3.63, 3.8) is 0 Å². The first-order valence-electron chi connectivity index (χ1n) is 4.23. The molecule has 0 unspecified atom stereocenters. The van der Waals surface area contributed by atoms with Crippen molar-refractivity contribution in [2.24, 2.45) is 0 Å². The summed E-state index contributed by atoms with van der Waals surface area (Å²) in [5, 5.41) is 3.37. The molecule has 0 radical (unpaired) electrons. The second kappa shape index (κ2) is 5.52. The van der Waals surface area contributed by atoms with Gasteiger partial charge in [-0.25, -0.2) is 0 Å². The van der Waals surface area contributed by atoms with Crippen molar-refractivity contribution in [1.29, 1.82) is 0 Å². The number of nitrogens with one attached hydrogen (secondary N) is 1. The summed E-state index contributed by atoms with van der Waals surface area (Å²) in [5.74, 6) is 0. The maximum absolute atomic E-state index is 5.26. The molecule has 0 aromatic carbocycles. The Morgan fingerprint density at radius 3 is 2.73 bits per heavy atom. The molecule has 1 N–H and O–H groups in total. The topological polar surface area (TPSA) is 30.5 Å². The fraction of sp³-hybridized carbons (Fsp3) is 1.00. The van der Waals surface area contributed by atoms with E-state index in [9.17, 15) is 0 Å². The molecule has 0 bridgehead atoms. The standard InChI is InChI=1S/C8H17NO2/c1-10-6-7-11-5-4-9-8-2-3-8/h8-9H,2-7H2,1H3. The molecule has 0 amide bonds. The number of methoxy groups -OCH3 is 1. The van der Waals surface area contributed by atoms with E-state index in [-0.39, 0.29) is 0 Å². The Balaban J connectivity index is 1.66. The van der Waals surface area contributed by atoms with Crippen molar-refractivity contribution in [2.75, 3.05) is 33.5 Å². The van der Waals surface area contributed by atoms with Crippen LogP contribution >= 0.6 is 0 Å². The molecule has 1 aliphatic rings. The second-order valence-electron chi connectivity index (χ2n) is 2.83. The first kappa shape index (κ1) is 8.97. The average molecular weight is 159 g/mol. The van der Waals surface area contributed by atoms with Crippen LogP contribution in [0.4, 0.5) is 0 Å². The minimum Gasteiger partial charge on any atom is -0.382 e. The third-order valence-electron chi connectivity index (χ3n) is 1.69. The highest BCUT2D eigenvalue weighted by molar-refractivity contribution is 4.80. The van der Waals surface area contributed by atoms with Crippen LogP contribution in [0, 0.1) is 0 Å². The SMILES string of the molecule is COCCOCCNC1CC1. The van der Waals surface area contributed by atoms with E-state index >= 15 is 0 Å². The van der Waals surface area contributed by atoms with E-state index < -0.39 is 0 Å². The predicted octanol–water partition coefficient (Wildman–Crippen LogP) is 0.401. The summed E-state index contributed by atoms with van der Waals surface area (Å²) in [5.41, 5.74) is 0. The number of ether oxygens (including phenoxy) is 2. The lowest BCUT2D eigenvalue weighted by atomic mass is 10.6. The largest absolute Gasteiger partial charge is 0.382 e. The molecule has 1 rings (SSSR count). The average Bonchev–Trinajstić information content (AvgIpc) is 2.80. The van der Waals surface area contributed by atoms with E-state index in [0.717, 1.165) is 19.2 Å². The minimum absolute atomic E-state index is 0.698. The zero-order valence-corrected chi connectivity index (χ0v) is 7.14. The highest BCUT2D eigenvalue weighted by Gasteiger charge is 2.19. The minimum atomic E-state index is 0.698. The van der Waals surface area contributed by atoms with E-state index in [2.05, 4.69) is 5.32 Å². The van der Waals surface area contributed by atoms with E-state index in [1.54, 1.807) is 7.11 Å². The molecule has 0 aliphatic heterocycles. The lowest BCUT2D eigenvalue weighted by molar-refractivity contribution is 0.0719. The first-order chi connectivity index (χ1) is 5.43. The summed E-state index contributed by atoms with van der Waals surface area (Å²) >= 11 is 0. The monoisotopic (exact) mass is 159 g/mol. The Bertz CT molecular complexity index is 94.1. The van der Waals surface area contributed by atoms with Crippen molar-refractivity contribution >= 4 is 0 Å². The van der Waals surface area contributed by atoms with Crippen LogP contribution < -0.4 is 5.32 Å². The Labute approximate surface area is 68.1 Å². The normalized spacial score (nSPS) is 17.2. The van der Waals surface area contributed by atoms with Crippen LogP contribution in [0.15, 0.2) is 0 Å². The summed E-state index contributed by atoms with van der Waals surface area (Å²) in [6.45, 7) is 3.19. The van der Waals surface area contributed by atoms with E-state index in [0.29, 0.717) is 13.2 Å². The molecule has 0 spiro atoms. The van der Waals surface area contributed by atoms with Crippen molar-refractivity contribution in [3.8, 4) is 0 Å². The molecular formula is C8H17NO2. The first-order valence-corrected chi connectivity index (χ1v) is 4.23. The third kappa shape index (κ3) is 5.18. The summed E-state index contributed by atoms with van der Waals surface area (Å²) in [7, 11) is 1.69. The Morgan fingerprint density at radius 2 is 2.09 bits per heavy atom. The van der Waals surface area contributed by atoms with Crippen LogP contribution in [0.25, 0.3) is 0 Å². The number of hydrogen-bond acceptors (Lipinski definition) is 3. The van der Waals surface area contributed by atoms with Gasteiger partial charge >= 0.3 is 0 Å². The quantitative estimate of drug-likeness (QED) is 0.545. The van der Waals surface area contributed by atoms with Gasteiger partial charge < -0.3 is 14.8 Å². The molecule has 3 nitrogen and oxygen atoms in total. The van der Waals surface area contributed by atoms with Gasteiger partial charge in [-0.05, 0) is 12.8 Å². The molecule has 0 atom stereocenters. The molecule has 11 heavy (non-hydrogen) atoms. The fourth-order valence-electron chi connectivity index (χ4n) is 0.867. The van der Waals surface area contributed by atoms with Crippen LogP contribution in [0.5, 0.6) is 0 Å². The molecule has 0 heterocycles. The summed E-state index contributed by atoms with van der Waals surface area (Å²) in [4.78, 5) is 0. The van der Waals surface area contributed by atoms with Gasteiger partial charge in [0.1, 0.15) is 0 Å². The van der Waals surface area contributed by atoms with Crippen molar-refractivity contribution in [2.45, 2.75) is 18.9 Å². The summed E-state index contributed by atoms with van der Waals surface area (Å²) in [6, 6.07) is 0.793. The molecule has 0 saturated heterocycles. The van der Waals surface area contributed by atoms with Gasteiger partial charge in [0.05, 0.1) is 19.8 Å². The molecular weight excluding hydrogens is 142 g/mol. The van der Waals surface area contributed by atoms with Crippen LogP contribution in [-0.2, 0) is 9.47 Å². The predicted molar refractivity (Wildman–Crippen MR) is 43.7 cm³/mol. The van der Waals surface area contributed by atoms with Gasteiger partial charge in [0.25, 0.3) is 0 Å². The Hall–Kier alpha value is -0.120. The van der Waals surface area contributed by atoms with Crippen molar-refractivity contribution < 1.29 is 9.47 Å². The Morgan fingerprint density at radius 1 is 1.27 bits per heavy atom. The maximum atomic E-state index is 5.26. The van der Waals surface area contributed by atoms with Crippen LogP contribution in [0.3, 0.4) is 0 Å². The van der Waals surface area contributed by atoms with Gasteiger partial charge in [-0.1, -0.05) is 0 Å². The van der Waals surface area contributed by atoms with E-state index in [4.69, 9.17) is 9.47 Å². The van der Waals surface area contributed by atoms with Crippen LogP contribution in [-0.4, -0.2) is 39.5 Å². The zero-order valence-electron chi connectivity index (χ0n) is 7.14. The molecule has 0 aromatic rings. The third-order valence-corrected chi connectivity index (χ3v) is 1.69. The highest BCUT2D eigenvalue weighted by atomic mass is 16.5. The maximum Gasteiger partial charge on any atom is 0.0700 e. The van der Waals surface area contributed by atoms with Gasteiger partial charge in [0.15, 0.2) is 0 Å². The molecule has 0 aromatic heterocycles. The smallest absolute Gasteiger partial charge is 0.0700 e. The highest BCUT2D eigenvalue weighted by Crippen LogP contribution is 2.17. The van der Waals surface area contributed by atoms with Gasteiger partial charge in [-0.2, -0.15) is 0 Å². The molecule has 66 valence electrons. The number of rotatable bonds is 7. The summed E-state index contributed by atoms with van der Waals surface area (Å²) < 4.78 is 10.1. The van der Waals surface area contributed by atoms with Gasteiger partial charge in [-0.3, -0.25) is 0 Å². The Kier molecular flexibility index (Phi) is 4.50. The van der Waals surface area contributed by atoms with Gasteiger partial charge in [0.2, 0.25) is 0 Å². The second-order valence-corrected chi connectivity index (χ2v) is 2.83. The zero-order chi connectivity index (χ0) is 7.94. The van der Waals surface area contributed by atoms with Crippen LogP contribution in [0.2, 0.25) is 0 Å².